The molecule has 0 bridgehead atoms. The number of carbonyl (C=O) groups is 1. The first-order valence-corrected chi connectivity index (χ1v) is 8.01. The van der Waals surface area contributed by atoms with E-state index < -0.39 is 18.0 Å². The molecule has 0 spiro atoms. The Morgan fingerprint density at radius 1 is 1.00 bits per heavy atom. The molecule has 0 saturated carbocycles. The number of rotatable bonds is 3. The van der Waals surface area contributed by atoms with Crippen LogP contribution in [-0.4, -0.2) is 48.5 Å². The van der Waals surface area contributed by atoms with E-state index in [0.717, 1.165) is 23.9 Å². The number of para-hydroxylation sites is 1. The van der Waals surface area contributed by atoms with Crippen LogP contribution in [0.4, 0.5) is 18.9 Å². The molecule has 0 radical (unpaired) electrons. The zero-order valence-corrected chi connectivity index (χ0v) is 13.7. The second-order valence-electron chi connectivity index (χ2n) is 5.84. The van der Waals surface area contributed by atoms with E-state index in [1.807, 2.05) is 30.3 Å². The van der Waals surface area contributed by atoms with Crippen LogP contribution in [-0.2, 0) is 0 Å². The molecule has 0 aliphatic carbocycles. The van der Waals surface area contributed by atoms with E-state index in [2.05, 4.69) is 9.64 Å². The van der Waals surface area contributed by atoms with Gasteiger partial charge in [0.05, 0.1) is 5.56 Å². The summed E-state index contributed by atoms with van der Waals surface area (Å²) in [4.78, 5) is 16.2. The SMILES string of the molecule is O=C(c1cc(OC(F)(F)F)ccc1O)N1CCN(c2ccccc2)CC1. The molecule has 0 atom stereocenters. The largest absolute Gasteiger partial charge is 0.573 e. The highest BCUT2D eigenvalue weighted by atomic mass is 19.4. The van der Waals surface area contributed by atoms with Gasteiger partial charge >= 0.3 is 6.36 Å². The van der Waals surface area contributed by atoms with Crippen LogP contribution in [0.25, 0.3) is 0 Å². The molecule has 1 amide bonds. The molecule has 138 valence electrons. The van der Waals surface area contributed by atoms with Crippen molar-refractivity contribution in [3.05, 3.63) is 54.1 Å². The number of carbonyl (C=O) groups excluding carboxylic acids is 1. The van der Waals surface area contributed by atoms with Crippen LogP contribution < -0.4 is 9.64 Å². The molecule has 1 fully saturated rings. The maximum absolute atomic E-state index is 12.6. The minimum atomic E-state index is -4.86. The second-order valence-corrected chi connectivity index (χ2v) is 5.84. The van der Waals surface area contributed by atoms with Crippen molar-refractivity contribution >= 4 is 11.6 Å². The van der Waals surface area contributed by atoms with Gasteiger partial charge in [-0.05, 0) is 30.3 Å². The smallest absolute Gasteiger partial charge is 0.507 e. The zero-order chi connectivity index (χ0) is 18.7. The summed E-state index contributed by atoms with van der Waals surface area (Å²) in [5.74, 6) is -1.44. The van der Waals surface area contributed by atoms with Crippen LogP contribution in [0, 0.1) is 0 Å². The Bertz CT molecular complexity index is 773. The molecular formula is C18H17F3N2O3. The zero-order valence-electron chi connectivity index (χ0n) is 13.7. The minimum absolute atomic E-state index is 0.208. The fourth-order valence-electron chi connectivity index (χ4n) is 2.86. The van der Waals surface area contributed by atoms with Crippen molar-refractivity contribution in [3.8, 4) is 11.5 Å². The van der Waals surface area contributed by atoms with Gasteiger partial charge in [-0.3, -0.25) is 4.79 Å². The number of phenols is 1. The lowest BCUT2D eigenvalue weighted by molar-refractivity contribution is -0.274. The van der Waals surface area contributed by atoms with Gasteiger partial charge in [0.25, 0.3) is 5.91 Å². The lowest BCUT2D eigenvalue weighted by atomic mass is 10.1. The maximum atomic E-state index is 12.6. The van der Waals surface area contributed by atoms with Crippen LogP contribution in [0.3, 0.4) is 0 Å². The molecule has 1 N–H and O–H groups in total. The molecule has 5 nitrogen and oxygen atoms in total. The molecule has 0 aromatic heterocycles. The van der Waals surface area contributed by atoms with Crippen molar-refractivity contribution < 1.29 is 27.8 Å². The van der Waals surface area contributed by atoms with E-state index in [0.29, 0.717) is 26.2 Å². The van der Waals surface area contributed by atoms with E-state index in [-0.39, 0.29) is 11.3 Å². The van der Waals surface area contributed by atoms with Gasteiger partial charge in [-0.2, -0.15) is 0 Å². The lowest BCUT2D eigenvalue weighted by Crippen LogP contribution is -2.48. The van der Waals surface area contributed by atoms with Crippen LogP contribution in [0.2, 0.25) is 0 Å². The van der Waals surface area contributed by atoms with Crippen molar-refractivity contribution in [2.45, 2.75) is 6.36 Å². The fraction of sp³-hybridized carbons (Fsp3) is 0.278. The molecule has 2 aromatic rings. The Hall–Kier alpha value is -2.90. The van der Waals surface area contributed by atoms with E-state index in [1.54, 1.807) is 0 Å². The monoisotopic (exact) mass is 366 g/mol. The molecule has 0 unspecified atom stereocenters. The number of benzene rings is 2. The Balaban J connectivity index is 1.69. The summed E-state index contributed by atoms with van der Waals surface area (Å²) >= 11 is 0. The van der Waals surface area contributed by atoms with Crippen LogP contribution in [0.1, 0.15) is 10.4 Å². The number of hydrogen-bond donors (Lipinski definition) is 1. The van der Waals surface area contributed by atoms with Crippen molar-refractivity contribution in [2.75, 3.05) is 31.1 Å². The third kappa shape index (κ3) is 4.19. The van der Waals surface area contributed by atoms with E-state index in [4.69, 9.17) is 0 Å². The highest BCUT2D eigenvalue weighted by Crippen LogP contribution is 2.29. The Morgan fingerprint density at radius 2 is 1.65 bits per heavy atom. The van der Waals surface area contributed by atoms with Crippen molar-refractivity contribution in [3.63, 3.8) is 0 Å². The summed E-state index contributed by atoms with van der Waals surface area (Å²) in [6, 6.07) is 12.6. The number of aromatic hydroxyl groups is 1. The summed E-state index contributed by atoms with van der Waals surface area (Å²) < 4.78 is 40.9. The van der Waals surface area contributed by atoms with Crippen molar-refractivity contribution in [1.29, 1.82) is 0 Å². The van der Waals surface area contributed by atoms with Crippen LogP contribution in [0.5, 0.6) is 11.5 Å². The summed E-state index contributed by atoms with van der Waals surface area (Å²) in [6.07, 6.45) is -4.86. The third-order valence-corrected chi connectivity index (χ3v) is 4.12. The number of halogens is 3. The topological polar surface area (TPSA) is 53.0 Å². The number of piperazine rings is 1. The van der Waals surface area contributed by atoms with Crippen molar-refractivity contribution in [1.82, 2.24) is 4.90 Å². The summed E-state index contributed by atoms with van der Waals surface area (Å²) in [7, 11) is 0. The van der Waals surface area contributed by atoms with E-state index >= 15 is 0 Å². The van der Waals surface area contributed by atoms with Gasteiger partial charge in [0.1, 0.15) is 11.5 Å². The van der Waals surface area contributed by atoms with Crippen molar-refractivity contribution in [2.24, 2.45) is 0 Å². The van der Waals surface area contributed by atoms with Gasteiger partial charge in [0.15, 0.2) is 0 Å². The first-order valence-electron chi connectivity index (χ1n) is 8.01. The van der Waals surface area contributed by atoms with Crippen LogP contribution in [0.15, 0.2) is 48.5 Å². The first-order chi connectivity index (χ1) is 12.3. The van der Waals surface area contributed by atoms with Gasteiger partial charge in [-0.15, -0.1) is 13.2 Å². The van der Waals surface area contributed by atoms with Gasteiger partial charge < -0.3 is 19.6 Å². The molecule has 3 rings (SSSR count). The average molecular weight is 366 g/mol. The van der Waals surface area contributed by atoms with Gasteiger partial charge in [-0.1, -0.05) is 18.2 Å². The van der Waals surface area contributed by atoms with Gasteiger partial charge in [0, 0.05) is 31.9 Å². The first kappa shape index (κ1) is 17.9. The summed E-state index contributed by atoms with van der Waals surface area (Å²) in [5, 5.41) is 9.87. The molecule has 8 heteroatoms. The molecule has 2 aromatic carbocycles. The Morgan fingerprint density at radius 3 is 2.27 bits per heavy atom. The number of phenolic OH excluding ortho intramolecular Hbond substituents is 1. The van der Waals surface area contributed by atoms with Gasteiger partial charge in [0.2, 0.25) is 0 Å². The highest BCUT2D eigenvalue weighted by molar-refractivity contribution is 5.97. The molecule has 1 saturated heterocycles. The average Bonchev–Trinajstić information content (AvgIpc) is 2.62. The lowest BCUT2D eigenvalue weighted by Gasteiger charge is -2.36. The molecular weight excluding hydrogens is 349 g/mol. The predicted molar refractivity (Wildman–Crippen MR) is 89.3 cm³/mol. The molecule has 1 heterocycles. The van der Waals surface area contributed by atoms with E-state index in [9.17, 15) is 23.1 Å². The number of ether oxygens (including phenoxy) is 1. The number of anilines is 1. The summed E-state index contributed by atoms with van der Waals surface area (Å²) in [6.45, 7) is 1.99. The van der Waals surface area contributed by atoms with E-state index in [1.165, 1.54) is 4.90 Å². The third-order valence-electron chi connectivity index (χ3n) is 4.12. The second kappa shape index (κ2) is 7.15. The maximum Gasteiger partial charge on any atom is 0.573 e. The standard InChI is InChI=1S/C18H17F3N2O3/c19-18(20,21)26-14-6-7-16(24)15(12-14)17(25)23-10-8-22(9-11-23)13-4-2-1-3-5-13/h1-7,12,24H,8-11H2. The fourth-order valence-corrected chi connectivity index (χ4v) is 2.86. The number of amides is 1. The Labute approximate surface area is 148 Å². The normalized spacial score (nSPS) is 15.0. The molecule has 1 aliphatic heterocycles. The number of nitrogens with zero attached hydrogens (tertiary/aromatic N) is 2. The highest BCUT2D eigenvalue weighted by Gasteiger charge is 2.32. The number of alkyl halides is 3. The summed E-state index contributed by atoms with van der Waals surface area (Å²) in [5.41, 5.74) is 0.836. The van der Waals surface area contributed by atoms with Gasteiger partial charge in [-0.25, -0.2) is 0 Å². The number of hydrogen-bond acceptors (Lipinski definition) is 4. The minimum Gasteiger partial charge on any atom is -0.507 e. The predicted octanol–water partition coefficient (Wildman–Crippen LogP) is 3.25. The Kier molecular flexibility index (Phi) is 4.92. The quantitative estimate of drug-likeness (QED) is 0.906. The molecule has 1 aliphatic rings. The molecule has 26 heavy (non-hydrogen) atoms. The van der Waals surface area contributed by atoms with Crippen LogP contribution >= 0.6 is 0 Å².